The lowest BCUT2D eigenvalue weighted by atomic mass is 10.2. The second-order valence-electron chi connectivity index (χ2n) is 7.74. The number of benzene rings is 1. The number of para-hydroxylation sites is 1. The highest BCUT2D eigenvalue weighted by molar-refractivity contribution is 8.01. The lowest BCUT2D eigenvalue weighted by molar-refractivity contribution is -0.136. The maximum atomic E-state index is 13.2. The molecule has 0 aliphatic carbocycles. The minimum absolute atomic E-state index is 0.00689. The number of nitrogens with one attached hydrogen (secondary N) is 1. The van der Waals surface area contributed by atoms with Gasteiger partial charge >= 0.3 is 6.18 Å². The van der Waals surface area contributed by atoms with Crippen LogP contribution < -0.4 is 5.32 Å². The van der Waals surface area contributed by atoms with Crippen molar-refractivity contribution in [3.8, 4) is 0 Å². The maximum absolute atomic E-state index is 13.2. The normalized spacial score (nSPS) is 12.2. The minimum Gasteiger partial charge on any atom is -0.431 e. The predicted octanol–water partition coefficient (Wildman–Crippen LogP) is 7.28. The van der Waals surface area contributed by atoms with Crippen LogP contribution in [0.15, 0.2) is 43.8 Å². The molecular formula is C22H24F3N3O2S3. The van der Waals surface area contributed by atoms with Crippen LogP contribution >= 0.6 is 35.3 Å². The van der Waals surface area contributed by atoms with E-state index in [2.05, 4.69) is 29.1 Å². The molecule has 3 rings (SSSR count). The van der Waals surface area contributed by atoms with Gasteiger partial charge in [-0.3, -0.25) is 4.79 Å². The number of alkyl halides is 3. The Morgan fingerprint density at radius 1 is 1.12 bits per heavy atom. The number of hydrogen-bond donors (Lipinski definition) is 1. The van der Waals surface area contributed by atoms with Gasteiger partial charge in [-0.05, 0) is 25.1 Å². The van der Waals surface area contributed by atoms with E-state index >= 15 is 0 Å². The molecule has 0 fully saturated rings. The average Bonchev–Trinajstić information content (AvgIpc) is 3.10. The summed E-state index contributed by atoms with van der Waals surface area (Å²) in [5.41, 5.74) is 0.393. The van der Waals surface area contributed by atoms with E-state index in [-0.39, 0.29) is 33.2 Å². The summed E-state index contributed by atoms with van der Waals surface area (Å²) in [6, 6.07) is 5.61. The second-order valence-corrected chi connectivity index (χ2v) is 11.9. The summed E-state index contributed by atoms with van der Waals surface area (Å²) in [6.07, 6.45) is -4.55. The van der Waals surface area contributed by atoms with Crippen molar-refractivity contribution in [1.29, 1.82) is 0 Å². The first kappa shape index (κ1) is 25.8. The van der Waals surface area contributed by atoms with Crippen molar-refractivity contribution in [1.82, 2.24) is 9.97 Å². The molecule has 0 saturated carbocycles. The predicted molar refractivity (Wildman–Crippen MR) is 129 cm³/mol. The second kappa shape index (κ2) is 10.6. The molecule has 1 aromatic carbocycles. The number of carbonyl (C=O) groups excluding carboxylic acids is 1. The summed E-state index contributed by atoms with van der Waals surface area (Å²) in [7, 11) is 0. The summed E-state index contributed by atoms with van der Waals surface area (Å²) in [4.78, 5) is 22.4. The van der Waals surface area contributed by atoms with Gasteiger partial charge in [0.25, 0.3) is 5.22 Å². The molecule has 5 nitrogen and oxygen atoms in total. The molecule has 1 amide bonds. The number of aromatic nitrogens is 2. The van der Waals surface area contributed by atoms with Crippen LogP contribution in [0.2, 0.25) is 0 Å². The SMILES string of the molecule is Cc1cc(SC(C)C)c(NC(=O)CSc2nc3cccc(C(F)(F)F)c3o2)c(SC(C)C)n1. The molecule has 3 aromatic rings. The highest BCUT2D eigenvalue weighted by Gasteiger charge is 2.34. The van der Waals surface area contributed by atoms with Crippen molar-refractivity contribution in [2.24, 2.45) is 0 Å². The van der Waals surface area contributed by atoms with E-state index in [1.165, 1.54) is 12.1 Å². The van der Waals surface area contributed by atoms with Crippen LogP contribution in [0.4, 0.5) is 18.9 Å². The van der Waals surface area contributed by atoms with Crippen LogP contribution in [0.5, 0.6) is 0 Å². The summed E-state index contributed by atoms with van der Waals surface area (Å²) in [5.74, 6) is -0.389. The molecule has 0 saturated heterocycles. The van der Waals surface area contributed by atoms with Crippen molar-refractivity contribution < 1.29 is 22.4 Å². The Morgan fingerprint density at radius 3 is 2.45 bits per heavy atom. The minimum atomic E-state index is -4.55. The first-order valence-electron chi connectivity index (χ1n) is 10.2. The van der Waals surface area contributed by atoms with Crippen molar-refractivity contribution >= 4 is 58.0 Å². The number of aryl methyl sites for hydroxylation is 1. The maximum Gasteiger partial charge on any atom is 0.420 e. The number of oxazole rings is 1. The number of nitrogens with zero attached hydrogens (tertiary/aromatic N) is 2. The van der Waals surface area contributed by atoms with Gasteiger partial charge in [-0.15, -0.1) is 23.5 Å². The Kier molecular flexibility index (Phi) is 8.28. The van der Waals surface area contributed by atoms with E-state index in [4.69, 9.17) is 4.42 Å². The highest BCUT2D eigenvalue weighted by atomic mass is 32.2. The molecule has 0 radical (unpaired) electrons. The van der Waals surface area contributed by atoms with Gasteiger partial charge in [0.1, 0.15) is 16.1 Å². The van der Waals surface area contributed by atoms with Crippen molar-refractivity contribution in [3.63, 3.8) is 0 Å². The zero-order valence-corrected chi connectivity index (χ0v) is 21.2. The van der Waals surface area contributed by atoms with E-state index in [1.807, 2.05) is 26.8 Å². The molecule has 0 atom stereocenters. The Bertz CT molecular complexity index is 1120. The summed E-state index contributed by atoms with van der Waals surface area (Å²) in [5, 5.41) is 4.26. The number of amides is 1. The number of hydrogen-bond acceptors (Lipinski definition) is 7. The Labute approximate surface area is 203 Å². The van der Waals surface area contributed by atoms with Gasteiger partial charge in [0.05, 0.1) is 11.4 Å². The molecule has 2 heterocycles. The number of pyridine rings is 1. The number of rotatable bonds is 8. The molecular weight excluding hydrogens is 491 g/mol. The fourth-order valence-electron chi connectivity index (χ4n) is 2.90. The summed E-state index contributed by atoms with van der Waals surface area (Å²) >= 11 is 4.14. The third kappa shape index (κ3) is 6.83. The van der Waals surface area contributed by atoms with E-state index < -0.39 is 11.7 Å². The zero-order valence-electron chi connectivity index (χ0n) is 18.7. The van der Waals surface area contributed by atoms with Crippen LogP contribution in [-0.4, -0.2) is 32.1 Å². The topological polar surface area (TPSA) is 68.0 Å². The van der Waals surface area contributed by atoms with E-state index in [9.17, 15) is 18.0 Å². The first-order chi connectivity index (χ1) is 15.4. The van der Waals surface area contributed by atoms with Crippen LogP contribution in [-0.2, 0) is 11.0 Å². The van der Waals surface area contributed by atoms with Gasteiger partial charge in [-0.1, -0.05) is 45.5 Å². The van der Waals surface area contributed by atoms with Gasteiger partial charge in [0.2, 0.25) is 5.91 Å². The fraction of sp³-hybridized carbons (Fsp3) is 0.409. The molecule has 0 aliphatic rings. The van der Waals surface area contributed by atoms with Gasteiger partial charge in [0, 0.05) is 21.1 Å². The van der Waals surface area contributed by atoms with Crippen molar-refractivity contribution in [3.05, 3.63) is 35.5 Å². The molecule has 0 spiro atoms. The highest BCUT2D eigenvalue weighted by Crippen LogP contribution is 2.39. The van der Waals surface area contributed by atoms with Crippen LogP contribution in [0.25, 0.3) is 11.1 Å². The van der Waals surface area contributed by atoms with Crippen molar-refractivity contribution in [2.45, 2.75) is 66.4 Å². The van der Waals surface area contributed by atoms with Gasteiger partial charge in [-0.25, -0.2) is 9.97 Å². The standard InChI is InChI=1S/C22H24F3N3O2S3/c1-11(2)32-16-9-13(5)26-20(33-12(3)4)18(16)28-17(29)10-31-21-27-15-8-6-7-14(19(15)30-21)22(23,24)25/h6-9,11-12H,10H2,1-5H3,(H,28,29). The quantitative estimate of drug-likeness (QED) is 0.316. The number of halogens is 3. The summed E-state index contributed by atoms with van der Waals surface area (Å²) < 4.78 is 44.9. The molecule has 178 valence electrons. The first-order valence-corrected chi connectivity index (χ1v) is 12.9. The number of fused-ring (bicyclic) bond motifs is 1. The van der Waals surface area contributed by atoms with E-state index in [0.29, 0.717) is 10.9 Å². The molecule has 0 aliphatic heterocycles. The fourth-order valence-corrected chi connectivity index (χ4v) is 5.53. The van der Waals surface area contributed by atoms with Gasteiger partial charge < -0.3 is 9.73 Å². The van der Waals surface area contributed by atoms with Gasteiger partial charge in [-0.2, -0.15) is 13.2 Å². The number of thioether (sulfide) groups is 3. The van der Waals surface area contributed by atoms with E-state index in [1.54, 1.807) is 23.5 Å². The van der Waals surface area contributed by atoms with Crippen LogP contribution in [0.3, 0.4) is 0 Å². The molecule has 0 unspecified atom stereocenters. The largest absolute Gasteiger partial charge is 0.431 e. The Hall–Kier alpha value is -1.85. The van der Waals surface area contributed by atoms with Gasteiger partial charge in [0.15, 0.2) is 5.58 Å². The number of anilines is 1. The van der Waals surface area contributed by atoms with Crippen LogP contribution in [0, 0.1) is 6.92 Å². The number of carbonyl (C=O) groups is 1. The lowest BCUT2D eigenvalue weighted by Crippen LogP contribution is -2.16. The lowest BCUT2D eigenvalue weighted by Gasteiger charge is -2.17. The molecule has 2 aromatic heterocycles. The van der Waals surface area contributed by atoms with Crippen LogP contribution in [0.1, 0.15) is 39.0 Å². The summed E-state index contributed by atoms with van der Waals surface area (Å²) in [6.45, 7) is 10.2. The monoisotopic (exact) mass is 515 g/mol. The Balaban J connectivity index is 1.80. The third-order valence-electron chi connectivity index (χ3n) is 4.08. The average molecular weight is 516 g/mol. The van der Waals surface area contributed by atoms with Crippen molar-refractivity contribution in [2.75, 3.05) is 11.1 Å². The molecule has 11 heteroatoms. The Morgan fingerprint density at radius 2 is 1.82 bits per heavy atom. The molecule has 33 heavy (non-hydrogen) atoms. The molecule has 1 N–H and O–H groups in total. The molecule has 0 bridgehead atoms. The van der Waals surface area contributed by atoms with E-state index in [0.717, 1.165) is 33.4 Å². The zero-order chi connectivity index (χ0) is 24.3. The third-order valence-corrected chi connectivity index (χ3v) is 6.95. The smallest absolute Gasteiger partial charge is 0.420 e.